The van der Waals surface area contributed by atoms with E-state index >= 15 is 0 Å². The van der Waals surface area contributed by atoms with Crippen LogP contribution in [0.25, 0.3) is 11.3 Å². The van der Waals surface area contributed by atoms with Crippen molar-refractivity contribution < 1.29 is 14.3 Å². The van der Waals surface area contributed by atoms with Crippen LogP contribution in [0.3, 0.4) is 0 Å². The van der Waals surface area contributed by atoms with Gasteiger partial charge in [-0.25, -0.2) is 0 Å². The van der Waals surface area contributed by atoms with Gasteiger partial charge >= 0.3 is 0 Å². The quantitative estimate of drug-likeness (QED) is 0.567. The van der Waals surface area contributed by atoms with Gasteiger partial charge < -0.3 is 14.8 Å². The molecule has 6 nitrogen and oxygen atoms in total. The summed E-state index contributed by atoms with van der Waals surface area (Å²) in [5, 5.41) is 3.03. The average molecular weight is 405 g/mol. The highest BCUT2D eigenvalue weighted by Gasteiger charge is 2.15. The molecule has 0 aliphatic rings. The Morgan fingerprint density at radius 3 is 2.53 bits per heavy atom. The van der Waals surface area contributed by atoms with Crippen molar-refractivity contribution in [1.29, 1.82) is 0 Å². The van der Waals surface area contributed by atoms with Crippen molar-refractivity contribution in [3.63, 3.8) is 0 Å². The van der Waals surface area contributed by atoms with Crippen LogP contribution in [-0.4, -0.2) is 36.2 Å². The molecule has 2 aromatic heterocycles. The fourth-order valence-electron chi connectivity index (χ4n) is 2.94. The second-order valence-electron chi connectivity index (χ2n) is 7.24. The number of nitrogens with zero attached hydrogens (tertiary/aromatic N) is 2. The molecule has 0 bridgehead atoms. The van der Waals surface area contributed by atoms with E-state index in [2.05, 4.69) is 15.3 Å². The maximum atomic E-state index is 13.0. The first-order valence-corrected chi connectivity index (χ1v) is 9.89. The first kappa shape index (κ1) is 21.5. The third-order valence-electron chi connectivity index (χ3n) is 4.71. The highest BCUT2D eigenvalue weighted by Crippen LogP contribution is 2.26. The molecule has 0 aliphatic carbocycles. The summed E-state index contributed by atoms with van der Waals surface area (Å²) in [7, 11) is 1.62. The van der Waals surface area contributed by atoms with Gasteiger partial charge in [-0.3, -0.25) is 14.8 Å². The minimum absolute atomic E-state index is 0.176. The molecule has 0 radical (unpaired) electrons. The number of carbonyl (C=O) groups is 1. The van der Waals surface area contributed by atoms with E-state index in [1.54, 1.807) is 25.6 Å². The van der Waals surface area contributed by atoms with Crippen molar-refractivity contribution in [1.82, 2.24) is 15.3 Å². The minimum Gasteiger partial charge on any atom is -0.491 e. The van der Waals surface area contributed by atoms with Crippen LogP contribution in [0.4, 0.5) is 0 Å². The number of benzene rings is 1. The normalized spacial score (nSPS) is 11.7. The Morgan fingerprint density at radius 2 is 1.87 bits per heavy atom. The van der Waals surface area contributed by atoms with Gasteiger partial charge in [0.15, 0.2) is 0 Å². The van der Waals surface area contributed by atoms with Crippen LogP contribution < -0.4 is 10.1 Å². The monoisotopic (exact) mass is 405 g/mol. The summed E-state index contributed by atoms with van der Waals surface area (Å²) in [5.41, 5.74) is 5.07. The van der Waals surface area contributed by atoms with E-state index < -0.39 is 0 Å². The first-order chi connectivity index (χ1) is 14.5. The maximum Gasteiger partial charge on any atom is 0.251 e. The Bertz CT molecular complexity index is 986. The molecule has 2 heterocycles. The van der Waals surface area contributed by atoms with Crippen molar-refractivity contribution in [3.8, 4) is 17.0 Å². The van der Waals surface area contributed by atoms with Crippen LogP contribution in [-0.2, 0) is 4.74 Å². The molecule has 1 amide bonds. The van der Waals surface area contributed by atoms with Crippen molar-refractivity contribution in [2.75, 3.05) is 20.3 Å². The van der Waals surface area contributed by atoms with Crippen LogP contribution in [0, 0.1) is 13.8 Å². The Morgan fingerprint density at radius 1 is 1.03 bits per heavy atom. The zero-order chi connectivity index (χ0) is 21.5. The molecule has 156 valence electrons. The first-order valence-electron chi connectivity index (χ1n) is 9.89. The van der Waals surface area contributed by atoms with Crippen molar-refractivity contribution in [3.05, 3.63) is 77.2 Å². The van der Waals surface area contributed by atoms with E-state index in [0.29, 0.717) is 24.5 Å². The molecule has 0 unspecified atom stereocenters. The van der Waals surface area contributed by atoms with Crippen molar-refractivity contribution in [2.45, 2.75) is 26.8 Å². The van der Waals surface area contributed by atoms with Crippen LogP contribution >= 0.6 is 0 Å². The standard InChI is InChI=1S/C24H27N3O3/c1-16-5-8-23(26-14-16)20-11-21(13-22(12-20)30-10-9-29-4)24(28)27-18(3)19-7-6-17(2)25-15-19/h5-8,11-15,18H,9-10H2,1-4H3,(H,27,28)/t18-/m1/s1. The van der Waals surface area contributed by atoms with Gasteiger partial charge in [-0.05, 0) is 62.2 Å². The Hall–Kier alpha value is -3.25. The molecule has 30 heavy (non-hydrogen) atoms. The third kappa shape index (κ3) is 5.64. The minimum atomic E-state index is -0.186. The number of pyridine rings is 2. The van der Waals surface area contributed by atoms with E-state index in [-0.39, 0.29) is 11.9 Å². The number of ether oxygens (including phenoxy) is 2. The van der Waals surface area contributed by atoms with E-state index in [0.717, 1.165) is 28.1 Å². The zero-order valence-electron chi connectivity index (χ0n) is 17.8. The van der Waals surface area contributed by atoms with Gasteiger partial charge in [-0.1, -0.05) is 12.1 Å². The summed E-state index contributed by atoms with van der Waals surface area (Å²) in [4.78, 5) is 21.8. The third-order valence-corrected chi connectivity index (χ3v) is 4.71. The Kier molecular flexibility index (Phi) is 7.14. The zero-order valence-corrected chi connectivity index (χ0v) is 17.8. The fourth-order valence-corrected chi connectivity index (χ4v) is 2.94. The molecule has 6 heteroatoms. The maximum absolute atomic E-state index is 13.0. The molecule has 3 aromatic rings. The largest absolute Gasteiger partial charge is 0.491 e. The van der Waals surface area contributed by atoms with E-state index in [4.69, 9.17) is 9.47 Å². The predicted molar refractivity (Wildman–Crippen MR) is 117 cm³/mol. The molecule has 1 aromatic carbocycles. The lowest BCUT2D eigenvalue weighted by Gasteiger charge is -2.16. The van der Waals surface area contributed by atoms with Gasteiger partial charge in [0.1, 0.15) is 12.4 Å². The highest BCUT2D eigenvalue weighted by molar-refractivity contribution is 5.96. The summed E-state index contributed by atoms with van der Waals surface area (Å²) in [5.74, 6) is 0.412. The van der Waals surface area contributed by atoms with Crippen LogP contribution in [0.5, 0.6) is 5.75 Å². The molecule has 0 saturated carbocycles. The molecular formula is C24H27N3O3. The number of carbonyl (C=O) groups excluding carboxylic acids is 1. The number of aromatic nitrogens is 2. The fraction of sp³-hybridized carbons (Fsp3) is 0.292. The lowest BCUT2D eigenvalue weighted by molar-refractivity contribution is 0.0939. The van der Waals surface area contributed by atoms with Gasteiger partial charge in [0.05, 0.1) is 18.3 Å². The van der Waals surface area contributed by atoms with E-state index in [9.17, 15) is 4.79 Å². The molecule has 0 saturated heterocycles. The van der Waals surface area contributed by atoms with Gasteiger partial charge in [-0.15, -0.1) is 0 Å². The molecule has 3 rings (SSSR count). The molecule has 1 atom stereocenters. The van der Waals surface area contributed by atoms with Crippen molar-refractivity contribution in [2.24, 2.45) is 0 Å². The predicted octanol–water partition coefficient (Wildman–Crippen LogP) is 4.28. The second-order valence-corrected chi connectivity index (χ2v) is 7.24. The number of hydrogen-bond donors (Lipinski definition) is 1. The summed E-state index contributed by atoms with van der Waals surface area (Å²) >= 11 is 0. The lowest BCUT2D eigenvalue weighted by atomic mass is 10.0. The number of nitrogens with one attached hydrogen (secondary N) is 1. The SMILES string of the molecule is COCCOc1cc(C(=O)N[C@H](C)c2ccc(C)nc2)cc(-c2ccc(C)cn2)c1. The van der Waals surface area contributed by atoms with Gasteiger partial charge in [-0.2, -0.15) is 0 Å². The molecule has 0 fully saturated rings. The highest BCUT2D eigenvalue weighted by atomic mass is 16.5. The molecule has 0 aliphatic heterocycles. The number of amides is 1. The Balaban J connectivity index is 1.86. The molecule has 0 spiro atoms. The number of rotatable bonds is 8. The smallest absolute Gasteiger partial charge is 0.251 e. The molecule has 1 N–H and O–H groups in total. The summed E-state index contributed by atoms with van der Waals surface area (Å²) in [6, 6.07) is 13.1. The second kappa shape index (κ2) is 9.98. The van der Waals surface area contributed by atoms with Gasteiger partial charge in [0.25, 0.3) is 5.91 Å². The van der Waals surface area contributed by atoms with Crippen LogP contribution in [0.2, 0.25) is 0 Å². The topological polar surface area (TPSA) is 73.3 Å². The Labute approximate surface area is 177 Å². The average Bonchev–Trinajstić information content (AvgIpc) is 2.74. The van der Waals surface area contributed by atoms with E-state index in [1.165, 1.54) is 0 Å². The summed E-state index contributed by atoms with van der Waals surface area (Å²) in [6.45, 7) is 6.72. The lowest BCUT2D eigenvalue weighted by Crippen LogP contribution is -2.26. The number of hydrogen-bond acceptors (Lipinski definition) is 5. The van der Waals surface area contributed by atoms with Gasteiger partial charge in [0.2, 0.25) is 0 Å². The summed E-state index contributed by atoms with van der Waals surface area (Å²) in [6.07, 6.45) is 3.59. The number of methoxy groups -OCH3 is 1. The van der Waals surface area contributed by atoms with Crippen molar-refractivity contribution >= 4 is 5.91 Å². The number of aryl methyl sites for hydroxylation is 2. The van der Waals surface area contributed by atoms with E-state index in [1.807, 2.05) is 57.2 Å². The molecular weight excluding hydrogens is 378 g/mol. The summed E-state index contributed by atoms with van der Waals surface area (Å²) < 4.78 is 10.8. The van der Waals surface area contributed by atoms with Crippen LogP contribution in [0.15, 0.2) is 54.9 Å². The van der Waals surface area contributed by atoms with Crippen LogP contribution in [0.1, 0.15) is 40.1 Å². The van der Waals surface area contributed by atoms with Gasteiger partial charge in [0, 0.05) is 36.3 Å².